The Kier molecular flexibility index (Phi) is 2.43. The van der Waals surface area contributed by atoms with Gasteiger partial charge in [-0.2, -0.15) is 0 Å². The van der Waals surface area contributed by atoms with Crippen molar-refractivity contribution in [3.05, 3.63) is 42.1 Å². The summed E-state index contributed by atoms with van der Waals surface area (Å²) in [5.41, 5.74) is 7.15. The zero-order valence-corrected chi connectivity index (χ0v) is 7.72. The molecule has 0 bridgehead atoms. The molecule has 1 aromatic carbocycles. The van der Waals surface area contributed by atoms with E-state index >= 15 is 0 Å². The summed E-state index contributed by atoms with van der Waals surface area (Å²) in [6, 6.07) is 9.51. The summed E-state index contributed by atoms with van der Waals surface area (Å²) in [5, 5.41) is 10.6. The van der Waals surface area contributed by atoms with Crippen LogP contribution < -0.4 is 5.73 Å². The first-order chi connectivity index (χ1) is 6.81. The van der Waals surface area contributed by atoms with Crippen molar-refractivity contribution >= 4 is 10.9 Å². The summed E-state index contributed by atoms with van der Waals surface area (Å²) < 4.78 is 0. The van der Waals surface area contributed by atoms with Gasteiger partial charge in [0.15, 0.2) is 0 Å². The third kappa shape index (κ3) is 1.60. The van der Waals surface area contributed by atoms with Crippen LogP contribution in [0.1, 0.15) is 11.7 Å². The summed E-state index contributed by atoms with van der Waals surface area (Å²) in [5.74, 6) is 0. The average Bonchev–Trinajstić information content (AvgIpc) is 2.27. The third-order valence-electron chi connectivity index (χ3n) is 2.24. The number of aromatic nitrogens is 1. The Balaban J connectivity index is 2.51. The van der Waals surface area contributed by atoms with Gasteiger partial charge in [-0.3, -0.25) is 4.98 Å². The van der Waals surface area contributed by atoms with Crippen LogP contribution in [0.4, 0.5) is 0 Å². The molecule has 0 saturated heterocycles. The Morgan fingerprint density at radius 3 is 3.00 bits per heavy atom. The third-order valence-corrected chi connectivity index (χ3v) is 2.24. The van der Waals surface area contributed by atoms with Crippen LogP contribution in [0.25, 0.3) is 10.9 Å². The number of aliphatic hydroxyl groups excluding tert-OH is 1. The average molecular weight is 188 g/mol. The summed E-state index contributed by atoms with van der Waals surface area (Å²) in [6.45, 7) is 0.242. The zero-order valence-electron chi connectivity index (χ0n) is 7.72. The molecule has 1 unspecified atom stereocenters. The zero-order chi connectivity index (χ0) is 9.97. The molecule has 0 amide bonds. The normalized spacial score (nSPS) is 13.0. The fraction of sp³-hybridized carbons (Fsp3) is 0.182. The Bertz CT molecular complexity index is 442. The Labute approximate surface area is 82.2 Å². The number of hydrogen-bond acceptors (Lipinski definition) is 3. The van der Waals surface area contributed by atoms with Crippen molar-refractivity contribution in [3.8, 4) is 0 Å². The van der Waals surface area contributed by atoms with Crippen LogP contribution in [-0.2, 0) is 0 Å². The quantitative estimate of drug-likeness (QED) is 0.745. The van der Waals surface area contributed by atoms with Gasteiger partial charge in [0.25, 0.3) is 0 Å². The Morgan fingerprint density at radius 1 is 1.36 bits per heavy atom. The lowest BCUT2D eigenvalue weighted by molar-refractivity contribution is 0.187. The van der Waals surface area contributed by atoms with Gasteiger partial charge in [-0.05, 0) is 23.8 Å². The predicted octanol–water partition coefficient (Wildman–Crippen LogP) is 1.23. The summed E-state index contributed by atoms with van der Waals surface area (Å²) >= 11 is 0. The molecular weight excluding hydrogens is 176 g/mol. The van der Waals surface area contributed by atoms with Crippen molar-refractivity contribution in [2.24, 2.45) is 5.73 Å². The first kappa shape index (κ1) is 9.12. The second-order valence-corrected chi connectivity index (χ2v) is 3.21. The number of rotatable bonds is 2. The minimum atomic E-state index is -0.584. The second-order valence-electron chi connectivity index (χ2n) is 3.21. The highest BCUT2D eigenvalue weighted by Gasteiger charge is 2.05. The standard InChI is InChI=1S/C11H12N2O/c12-7-11(14)9-3-4-10-8(6-9)2-1-5-13-10/h1-6,11,14H,7,12H2. The lowest BCUT2D eigenvalue weighted by Gasteiger charge is -2.08. The van der Waals surface area contributed by atoms with E-state index in [9.17, 15) is 5.11 Å². The minimum Gasteiger partial charge on any atom is -0.387 e. The van der Waals surface area contributed by atoms with Crippen molar-refractivity contribution in [1.29, 1.82) is 0 Å². The van der Waals surface area contributed by atoms with Gasteiger partial charge in [0.2, 0.25) is 0 Å². The van der Waals surface area contributed by atoms with E-state index in [0.717, 1.165) is 16.5 Å². The maximum Gasteiger partial charge on any atom is 0.0912 e. The highest BCUT2D eigenvalue weighted by Crippen LogP contribution is 2.17. The molecule has 1 aromatic heterocycles. The van der Waals surface area contributed by atoms with E-state index in [1.807, 2.05) is 30.3 Å². The Hall–Kier alpha value is -1.45. The van der Waals surface area contributed by atoms with E-state index < -0.39 is 6.10 Å². The van der Waals surface area contributed by atoms with Gasteiger partial charge < -0.3 is 10.8 Å². The van der Waals surface area contributed by atoms with Gasteiger partial charge >= 0.3 is 0 Å². The molecule has 2 aromatic rings. The molecule has 3 N–H and O–H groups in total. The van der Waals surface area contributed by atoms with E-state index in [0.29, 0.717) is 0 Å². The lowest BCUT2D eigenvalue weighted by Crippen LogP contribution is -2.11. The smallest absolute Gasteiger partial charge is 0.0912 e. The van der Waals surface area contributed by atoms with E-state index in [2.05, 4.69) is 4.98 Å². The van der Waals surface area contributed by atoms with E-state index in [4.69, 9.17) is 5.73 Å². The molecule has 3 heteroatoms. The van der Waals surface area contributed by atoms with E-state index in [-0.39, 0.29) is 6.54 Å². The first-order valence-electron chi connectivity index (χ1n) is 4.54. The van der Waals surface area contributed by atoms with Gasteiger partial charge in [-0.25, -0.2) is 0 Å². The molecule has 0 aliphatic heterocycles. The number of hydrogen-bond donors (Lipinski definition) is 2. The number of aliphatic hydroxyl groups is 1. The van der Waals surface area contributed by atoms with Crippen LogP contribution in [0, 0.1) is 0 Å². The number of nitrogens with two attached hydrogens (primary N) is 1. The second kappa shape index (κ2) is 3.74. The van der Waals surface area contributed by atoms with Crippen molar-refractivity contribution in [2.75, 3.05) is 6.54 Å². The topological polar surface area (TPSA) is 59.1 Å². The van der Waals surface area contributed by atoms with Crippen LogP contribution in [0.3, 0.4) is 0 Å². The molecule has 72 valence electrons. The Morgan fingerprint density at radius 2 is 2.21 bits per heavy atom. The highest BCUT2D eigenvalue weighted by atomic mass is 16.3. The van der Waals surface area contributed by atoms with Crippen LogP contribution in [0.15, 0.2) is 36.5 Å². The van der Waals surface area contributed by atoms with Crippen molar-refractivity contribution in [3.63, 3.8) is 0 Å². The number of pyridine rings is 1. The summed E-state index contributed by atoms with van der Waals surface area (Å²) in [6.07, 6.45) is 1.17. The van der Waals surface area contributed by atoms with Gasteiger partial charge in [0, 0.05) is 18.1 Å². The molecular formula is C11H12N2O. The monoisotopic (exact) mass is 188 g/mol. The number of nitrogens with zero attached hydrogens (tertiary/aromatic N) is 1. The van der Waals surface area contributed by atoms with Crippen LogP contribution in [0.2, 0.25) is 0 Å². The van der Waals surface area contributed by atoms with Crippen LogP contribution in [0.5, 0.6) is 0 Å². The van der Waals surface area contributed by atoms with Crippen molar-refractivity contribution in [1.82, 2.24) is 4.98 Å². The molecule has 0 aliphatic rings. The maximum absolute atomic E-state index is 9.54. The van der Waals surface area contributed by atoms with Crippen LogP contribution >= 0.6 is 0 Å². The molecule has 0 aliphatic carbocycles. The first-order valence-corrected chi connectivity index (χ1v) is 4.54. The predicted molar refractivity (Wildman–Crippen MR) is 55.8 cm³/mol. The van der Waals surface area contributed by atoms with Gasteiger partial charge in [-0.1, -0.05) is 12.1 Å². The molecule has 1 heterocycles. The van der Waals surface area contributed by atoms with Gasteiger partial charge in [0.05, 0.1) is 11.6 Å². The van der Waals surface area contributed by atoms with Gasteiger partial charge in [-0.15, -0.1) is 0 Å². The fourth-order valence-corrected chi connectivity index (χ4v) is 1.44. The molecule has 0 saturated carbocycles. The fourth-order valence-electron chi connectivity index (χ4n) is 1.44. The lowest BCUT2D eigenvalue weighted by atomic mass is 10.1. The minimum absolute atomic E-state index is 0.242. The molecule has 3 nitrogen and oxygen atoms in total. The largest absolute Gasteiger partial charge is 0.387 e. The van der Waals surface area contributed by atoms with Crippen LogP contribution in [-0.4, -0.2) is 16.6 Å². The van der Waals surface area contributed by atoms with Gasteiger partial charge in [0.1, 0.15) is 0 Å². The number of benzene rings is 1. The summed E-state index contributed by atoms with van der Waals surface area (Å²) in [4.78, 5) is 4.19. The number of fused-ring (bicyclic) bond motifs is 1. The highest BCUT2D eigenvalue weighted by molar-refractivity contribution is 5.78. The maximum atomic E-state index is 9.54. The molecule has 0 fully saturated rings. The SMILES string of the molecule is NCC(O)c1ccc2ncccc2c1. The molecule has 1 atom stereocenters. The van der Waals surface area contributed by atoms with E-state index in [1.165, 1.54) is 0 Å². The van der Waals surface area contributed by atoms with Crippen molar-refractivity contribution < 1.29 is 5.11 Å². The molecule has 14 heavy (non-hydrogen) atoms. The summed E-state index contributed by atoms with van der Waals surface area (Å²) in [7, 11) is 0. The van der Waals surface area contributed by atoms with Crippen molar-refractivity contribution in [2.45, 2.75) is 6.10 Å². The molecule has 0 spiro atoms. The molecule has 2 rings (SSSR count). The molecule has 0 radical (unpaired) electrons. The van der Waals surface area contributed by atoms with E-state index in [1.54, 1.807) is 6.20 Å².